The third kappa shape index (κ3) is 6.27. The Morgan fingerprint density at radius 1 is 1.15 bits per heavy atom. The number of aromatic nitrogens is 6. The molecule has 0 bridgehead atoms. The van der Waals surface area contributed by atoms with E-state index in [1.807, 2.05) is 18.2 Å². The summed E-state index contributed by atoms with van der Waals surface area (Å²) < 4.78 is 33.4. The van der Waals surface area contributed by atoms with Gasteiger partial charge in [-0.25, -0.2) is 19.3 Å². The van der Waals surface area contributed by atoms with E-state index in [1.165, 1.54) is 12.4 Å². The van der Waals surface area contributed by atoms with Crippen molar-refractivity contribution in [3.8, 4) is 5.88 Å². The number of H-pyrrole nitrogens is 1. The van der Waals surface area contributed by atoms with E-state index in [1.54, 1.807) is 30.3 Å². The highest BCUT2D eigenvalue weighted by Gasteiger charge is 2.24. The van der Waals surface area contributed by atoms with Crippen molar-refractivity contribution in [1.82, 2.24) is 34.4 Å². The number of benzene rings is 2. The molecule has 0 unspecified atom stereocenters. The predicted molar refractivity (Wildman–Crippen MR) is 176 cm³/mol. The van der Waals surface area contributed by atoms with Crippen LogP contribution < -0.4 is 10.1 Å². The standard InChI is InChI=1S/C34H30ClFN8O4/c35-23-6-4-22(25(36)15-23)18-47-30-3-1-2-26(40-30)20-8-11-43(12-9-20)17-29-39-27-14-21(5-7-28(27)44(29)16-24-10-13-46-24)32(45)42-34-41-31-33(48-34)38-19-37-31/h1-8,14-15,19,24H,9-13,16-18H2,(H,37,38)(H,41,42,45)/t24-/m0/s1. The minimum absolute atomic E-state index is 0.0570. The van der Waals surface area contributed by atoms with Crippen LogP contribution in [0.25, 0.3) is 28.0 Å². The molecule has 14 heteroatoms. The van der Waals surface area contributed by atoms with Crippen molar-refractivity contribution < 1.29 is 23.1 Å². The van der Waals surface area contributed by atoms with E-state index in [2.05, 4.69) is 40.8 Å². The number of carbonyl (C=O) groups is 1. The van der Waals surface area contributed by atoms with E-state index < -0.39 is 5.82 Å². The summed E-state index contributed by atoms with van der Waals surface area (Å²) in [5.41, 5.74) is 5.27. The van der Waals surface area contributed by atoms with E-state index in [0.717, 1.165) is 54.1 Å². The van der Waals surface area contributed by atoms with Crippen LogP contribution >= 0.6 is 11.6 Å². The Kier molecular flexibility index (Phi) is 8.08. The van der Waals surface area contributed by atoms with Gasteiger partial charge < -0.3 is 23.4 Å². The number of halogens is 2. The zero-order valence-corrected chi connectivity index (χ0v) is 26.4. The van der Waals surface area contributed by atoms with Gasteiger partial charge in [-0.05, 0) is 54.8 Å². The first kappa shape index (κ1) is 30.2. The van der Waals surface area contributed by atoms with E-state index in [4.69, 9.17) is 30.5 Å². The maximum atomic E-state index is 14.2. The molecule has 2 aliphatic rings. The normalized spacial score (nSPS) is 16.6. The van der Waals surface area contributed by atoms with Crippen molar-refractivity contribution in [3.63, 3.8) is 0 Å². The highest BCUT2D eigenvalue weighted by atomic mass is 35.5. The molecule has 1 saturated heterocycles. The summed E-state index contributed by atoms with van der Waals surface area (Å²) in [7, 11) is 0. The van der Waals surface area contributed by atoms with Crippen molar-refractivity contribution >= 4 is 51.5 Å². The maximum absolute atomic E-state index is 14.2. The predicted octanol–water partition coefficient (Wildman–Crippen LogP) is 6.00. The van der Waals surface area contributed by atoms with Crippen LogP contribution in [0.3, 0.4) is 0 Å². The molecule has 6 aromatic rings. The van der Waals surface area contributed by atoms with E-state index in [9.17, 15) is 9.18 Å². The molecule has 12 nitrogen and oxygen atoms in total. The van der Waals surface area contributed by atoms with Crippen molar-refractivity contribution in [1.29, 1.82) is 0 Å². The summed E-state index contributed by atoms with van der Waals surface area (Å²) >= 11 is 5.86. The lowest BCUT2D eigenvalue weighted by molar-refractivity contribution is -0.0591. The van der Waals surface area contributed by atoms with Crippen LogP contribution in [0.5, 0.6) is 5.88 Å². The van der Waals surface area contributed by atoms with Gasteiger partial charge in [0.05, 0.1) is 42.2 Å². The topological polar surface area (TPSA) is 136 Å². The fourth-order valence-electron chi connectivity index (χ4n) is 5.90. The molecule has 1 atom stereocenters. The number of aromatic amines is 1. The van der Waals surface area contributed by atoms with Crippen LogP contribution in [-0.2, 0) is 24.4 Å². The Morgan fingerprint density at radius 2 is 2.06 bits per heavy atom. The summed E-state index contributed by atoms with van der Waals surface area (Å²) in [6, 6.07) is 15.7. The largest absolute Gasteiger partial charge is 0.473 e. The first-order valence-corrected chi connectivity index (χ1v) is 16.0. The molecular weight excluding hydrogens is 639 g/mol. The Balaban J connectivity index is 0.962. The fourth-order valence-corrected chi connectivity index (χ4v) is 6.06. The van der Waals surface area contributed by atoms with Crippen LogP contribution in [0.15, 0.2) is 71.4 Å². The molecule has 244 valence electrons. The molecule has 0 spiro atoms. The molecule has 1 amide bonds. The molecule has 0 aliphatic carbocycles. The number of rotatable bonds is 10. The molecule has 4 aromatic heterocycles. The number of nitrogens with zero attached hydrogens (tertiary/aromatic N) is 6. The number of oxazole rings is 1. The summed E-state index contributed by atoms with van der Waals surface area (Å²) in [5.74, 6) is 0.576. The molecule has 48 heavy (non-hydrogen) atoms. The third-order valence-electron chi connectivity index (χ3n) is 8.58. The first-order chi connectivity index (χ1) is 23.4. The first-order valence-electron chi connectivity index (χ1n) is 15.6. The number of imidazole rings is 2. The zero-order chi connectivity index (χ0) is 32.6. The van der Waals surface area contributed by atoms with Crippen LogP contribution in [0.4, 0.5) is 10.4 Å². The summed E-state index contributed by atoms with van der Waals surface area (Å²) in [6.45, 7) is 3.67. The smallest absolute Gasteiger partial charge is 0.305 e. The minimum atomic E-state index is -0.410. The molecule has 2 aliphatic heterocycles. The number of hydrogen-bond donors (Lipinski definition) is 2. The number of pyridine rings is 1. The Morgan fingerprint density at radius 3 is 2.85 bits per heavy atom. The number of amides is 1. The van der Waals surface area contributed by atoms with E-state index in [0.29, 0.717) is 53.0 Å². The summed E-state index contributed by atoms with van der Waals surface area (Å²) in [5, 5.41) is 3.04. The van der Waals surface area contributed by atoms with Crippen LogP contribution in [0.2, 0.25) is 5.02 Å². The van der Waals surface area contributed by atoms with Gasteiger partial charge in [0, 0.05) is 41.9 Å². The van der Waals surface area contributed by atoms with Gasteiger partial charge in [0.2, 0.25) is 5.88 Å². The lowest BCUT2D eigenvalue weighted by Crippen LogP contribution is -2.33. The van der Waals surface area contributed by atoms with Crippen molar-refractivity contribution in [2.24, 2.45) is 0 Å². The van der Waals surface area contributed by atoms with E-state index >= 15 is 0 Å². The number of fused-ring (bicyclic) bond motifs is 2. The lowest BCUT2D eigenvalue weighted by atomic mass is 10.0. The Labute approximate surface area is 278 Å². The number of ether oxygens (including phenoxy) is 2. The Hall–Kier alpha value is -5.11. The van der Waals surface area contributed by atoms with Gasteiger partial charge >= 0.3 is 6.01 Å². The molecule has 1 fully saturated rings. The number of nitrogens with one attached hydrogen (secondary N) is 2. The van der Waals surface area contributed by atoms with Crippen molar-refractivity contribution in [2.45, 2.75) is 38.6 Å². The second kappa shape index (κ2) is 12.8. The zero-order valence-electron chi connectivity index (χ0n) is 25.7. The summed E-state index contributed by atoms with van der Waals surface area (Å²) in [4.78, 5) is 36.1. The third-order valence-corrected chi connectivity index (χ3v) is 8.82. The number of hydrogen-bond acceptors (Lipinski definition) is 9. The lowest BCUT2D eigenvalue weighted by Gasteiger charge is -2.29. The Bertz CT molecular complexity index is 2140. The minimum Gasteiger partial charge on any atom is -0.473 e. The van der Waals surface area contributed by atoms with Crippen LogP contribution in [0, 0.1) is 5.82 Å². The maximum Gasteiger partial charge on any atom is 0.305 e. The SMILES string of the molecule is O=C(Nc1nc2[nH]cnc2o1)c1ccc2c(c1)nc(CN1CC=C(c3cccc(OCc4ccc(Cl)cc4F)n3)CC1)n2C[C@@H]1CCO1. The van der Waals surface area contributed by atoms with Gasteiger partial charge in [0.25, 0.3) is 11.6 Å². The van der Waals surface area contributed by atoms with Crippen molar-refractivity contribution in [3.05, 3.63) is 100 Å². The van der Waals surface area contributed by atoms with Gasteiger partial charge in [-0.15, -0.1) is 0 Å². The monoisotopic (exact) mass is 668 g/mol. The second-order valence-electron chi connectivity index (χ2n) is 11.8. The molecule has 8 rings (SSSR count). The van der Waals surface area contributed by atoms with Gasteiger partial charge in [0.15, 0.2) is 5.65 Å². The highest BCUT2D eigenvalue weighted by molar-refractivity contribution is 6.30. The highest BCUT2D eigenvalue weighted by Crippen LogP contribution is 2.27. The average molecular weight is 669 g/mol. The van der Waals surface area contributed by atoms with Crippen LogP contribution in [0.1, 0.15) is 40.3 Å². The van der Waals surface area contributed by atoms with Gasteiger partial charge in [-0.1, -0.05) is 29.8 Å². The van der Waals surface area contributed by atoms with Gasteiger partial charge in [-0.2, -0.15) is 4.98 Å². The molecular formula is C34H30ClFN8O4. The second-order valence-corrected chi connectivity index (χ2v) is 12.2. The fraction of sp³-hybridized carbons (Fsp3) is 0.265. The van der Waals surface area contributed by atoms with Gasteiger partial charge in [0.1, 0.15) is 18.2 Å². The quantitative estimate of drug-likeness (QED) is 0.180. The average Bonchev–Trinajstić information content (AvgIpc) is 3.76. The molecule has 2 aromatic carbocycles. The molecule has 0 radical (unpaired) electrons. The summed E-state index contributed by atoms with van der Waals surface area (Å²) in [6.07, 6.45) is 5.59. The number of anilines is 1. The van der Waals surface area contributed by atoms with E-state index in [-0.39, 0.29) is 24.6 Å². The number of carbonyl (C=O) groups excluding carboxylic acids is 1. The van der Waals surface area contributed by atoms with Gasteiger partial charge in [-0.3, -0.25) is 15.0 Å². The molecule has 6 heterocycles. The van der Waals surface area contributed by atoms with Crippen molar-refractivity contribution in [2.75, 3.05) is 25.0 Å². The molecule has 2 N–H and O–H groups in total. The molecule has 0 saturated carbocycles. The van der Waals surface area contributed by atoms with Crippen LogP contribution in [-0.4, -0.2) is 66.1 Å².